The summed E-state index contributed by atoms with van der Waals surface area (Å²) in [6, 6.07) is 13.4. The predicted molar refractivity (Wildman–Crippen MR) is 160 cm³/mol. The zero-order valence-corrected chi connectivity index (χ0v) is 25.9. The van der Waals surface area contributed by atoms with Crippen LogP contribution < -0.4 is 0 Å². The maximum atomic E-state index is 13.2. The Labute approximate surface area is 259 Å². The highest BCUT2D eigenvalue weighted by Gasteiger charge is 2.27. The van der Waals surface area contributed by atoms with E-state index < -0.39 is 18.4 Å². The summed E-state index contributed by atoms with van der Waals surface area (Å²) < 4.78 is 23.9. The molecule has 5 rings (SSSR count). The molecule has 14 heteroatoms. The lowest BCUT2D eigenvalue weighted by Crippen LogP contribution is -2.24. The number of H-pyrrole nitrogens is 1. The number of hydrogen-bond acceptors (Lipinski definition) is 10. The molecule has 0 radical (unpaired) electrons. The van der Waals surface area contributed by atoms with Gasteiger partial charge in [0.15, 0.2) is 16.7 Å². The zero-order valence-electron chi connectivity index (χ0n) is 23.6. The van der Waals surface area contributed by atoms with Gasteiger partial charge in [0.1, 0.15) is 17.2 Å². The fourth-order valence-electron chi connectivity index (χ4n) is 4.61. The molecule has 12 nitrogen and oxygen atoms in total. The average Bonchev–Trinajstić information content (AvgIpc) is 3.70. The first kappa shape index (κ1) is 30.2. The van der Waals surface area contributed by atoms with E-state index in [0.717, 1.165) is 39.4 Å². The Hall–Kier alpha value is -4.23. The van der Waals surface area contributed by atoms with Crippen molar-refractivity contribution in [2.75, 3.05) is 6.61 Å². The summed E-state index contributed by atoms with van der Waals surface area (Å²) in [4.78, 5) is 29.4. The number of aromatic nitrogens is 6. The van der Waals surface area contributed by atoms with Crippen molar-refractivity contribution in [3.63, 3.8) is 0 Å². The first-order valence-corrected chi connectivity index (χ1v) is 14.8. The highest BCUT2D eigenvalue weighted by Crippen LogP contribution is 2.41. The maximum absolute atomic E-state index is 13.2. The molecule has 3 aromatic heterocycles. The number of fused-ring (bicyclic) bond motifs is 1. The topological polar surface area (TPSA) is 147 Å². The molecule has 0 saturated heterocycles. The van der Waals surface area contributed by atoms with Crippen LogP contribution in [-0.4, -0.2) is 55.2 Å². The van der Waals surface area contributed by atoms with Gasteiger partial charge in [-0.05, 0) is 57.4 Å². The predicted octanol–water partition coefficient (Wildman–Crippen LogP) is 6.96. The van der Waals surface area contributed by atoms with Crippen molar-refractivity contribution in [1.29, 1.82) is 0 Å². The van der Waals surface area contributed by atoms with Crippen LogP contribution >= 0.6 is 27.5 Å². The minimum atomic E-state index is -1.20. The third-order valence-electron chi connectivity index (χ3n) is 6.55. The third-order valence-corrected chi connectivity index (χ3v) is 7.60. The summed E-state index contributed by atoms with van der Waals surface area (Å²) in [5.74, 6) is 0.998. The number of aromatic amines is 1. The van der Waals surface area contributed by atoms with E-state index in [1.54, 1.807) is 11.5 Å². The number of halogens is 2. The number of aryl methyl sites for hydroxylation is 1. The maximum Gasteiger partial charge on any atom is 0.511 e. The summed E-state index contributed by atoms with van der Waals surface area (Å²) in [6.45, 7) is 5.53. The second kappa shape index (κ2) is 13.4. The highest BCUT2D eigenvalue weighted by molar-refractivity contribution is 9.10. The minimum absolute atomic E-state index is 0.00538. The number of furan rings is 1. The van der Waals surface area contributed by atoms with Gasteiger partial charge in [-0.15, -0.1) is 5.10 Å². The van der Waals surface area contributed by atoms with E-state index in [2.05, 4.69) is 48.5 Å². The summed E-state index contributed by atoms with van der Waals surface area (Å²) >= 11 is 10.2. The molecule has 0 fully saturated rings. The van der Waals surface area contributed by atoms with E-state index in [1.165, 1.54) is 6.92 Å². The molecular weight excluding hydrogens is 644 g/mol. The standard InChI is InChI=1S/C29H28BrClN6O6/c1-4-6-11-22-32-26(31)24(28(38)41-16(3)42-29(39)40-5-2)37(22)15-17-12-13-21-20(14-17)23(30)25(43-21)18-9-7-8-10-19(18)27-33-35-36-34-27/h7-10,12-14,16H,4-6,11,15H2,1-3H3,(H,33,34,35,36). The van der Waals surface area contributed by atoms with Crippen molar-refractivity contribution in [1.82, 2.24) is 30.2 Å². The van der Waals surface area contributed by atoms with E-state index >= 15 is 0 Å². The molecule has 43 heavy (non-hydrogen) atoms. The largest absolute Gasteiger partial charge is 0.511 e. The number of nitrogens with zero attached hydrogens (tertiary/aromatic N) is 5. The number of nitrogens with one attached hydrogen (secondary N) is 1. The smallest absolute Gasteiger partial charge is 0.455 e. The Kier molecular flexibility index (Phi) is 9.41. The van der Waals surface area contributed by atoms with Crippen LogP contribution in [0.2, 0.25) is 5.15 Å². The molecule has 0 aliphatic rings. The molecule has 0 saturated carbocycles. The summed E-state index contributed by atoms with van der Waals surface area (Å²) in [7, 11) is 0. The van der Waals surface area contributed by atoms with E-state index in [0.29, 0.717) is 29.4 Å². The van der Waals surface area contributed by atoms with Gasteiger partial charge in [-0.1, -0.05) is 55.3 Å². The molecule has 0 aliphatic heterocycles. The van der Waals surface area contributed by atoms with Crippen LogP contribution in [0.25, 0.3) is 33.7 Å². The monoisotopic (exact) mass is 670 g/mol. The average molecular weight is 672 g/mol. The molecule has 0 aliphatic carbocycles. The molecule has 0 spiro atoms. The van der Waals surface area contributed by atoms with E-state index in [4.69, 9.17) is 30.2 Å². The molecule has 224 valence electrons. The van der Waals surface area contributed by atoms with Crippen molar-refractivity contribution < 1.29 is 28.2 Å². The van der Waals surface area contributed by atoms with Crippen molar-refractivity contribution in [2.45, 2.75) is 52.9 Å². The molecule has 0 amide bonds. The number of ether oxygens (including phenoxy) is 3. The zero-order chi connectivity index (χ0) is 30.5. The first-order chi connectivity index (χ1) is 20.8. The third kappa shape index (κ3) is 6.57. The lowest BCUT2D eigenvalue weighted by molar-refractivity contribution is -0.0815. The summed E-state index contributed by atoms with van der Waals surface area (Å²) in [5.41, 5.74) is 3.18. The lowest BCUT2D eigenvalue weighted by Gasteiger charge is -2.16. The number of unbranched alkanes of at least 4 members (excludes halogenated alkanes) is 1. The van der Waals surface area contributed by atoms with Gasteiger partial charge in [0, 0.05) is 36.4 Å². The van der Waals surface area contributed by atoms with Crippen LogP contribution in [-0.2, 0) is 27.2 Å². The van der Waals surface area contributed by atoms with E-state index in [9.17, 15) is 9.59 Å². The van der Waals surface area contributed by atoms with Crippen LogP contribution in [0.5, 0.6) is 0 Å². The Bertz CT molecular complexity index is 1750. The van der Waals surface area contributed by atoms with Crippen LogP contribution in [0.15, 0.2) is 51.4 Å². The van der Waals surface area contributed by atoms with Crippen molar-refractivity contribution in [3.05, 3.63) is 69.2 Å². The van der Waals surface area contributed by atoms with Gasteiger partial charge in [-0.3, -0.25) is 0 Å². The number of hydrogen-bond donors (Lipinski definition) is 1. The van der Waals surface area contributed by atoms with Gasteiger partial charge in [0.2, 0.25) is 6.29 Å². The van der Waals surface area contributed by atoms with E-state index in [-0.39, 0.29) is 24.0 Å². The highest BCUT2D eigenvalue weighted by atomic mass is 79.9. The van der Waals surface area contributed by atoms with Crippen LogP contribution in [0.4, 0.5) is 4.79 Å². The van der Waals surface area contributed by atoms with Gasteiger partial charge in [0.05, 0.1) is 11.1 Å². The van der Waals surface area contributed by atoms with Crippen LogP contribution in [0.3, 0.4) is 0 Å². The number of esters is 1. The first-order valence-electron chi connectivity index (χ1n) is 13.6. The van der Waals surface area contributed by atoms with Gasteiger partial charge in [-0.25, -0.2) is 19.7 Å². The number of tetrazole rings is 1. The van der Waals surface area contributed by atoms with Crippen molar-refractivity contribution in [2.24, 2.45) is 0 Å². The van der Waals surface area contributed by atoms with Gasteiger partial charge in [-0.2, -0.15) is 0 Å². The van der Waals surface area contributed by atoms with Crippen molar-refractivity contribution in [3.8, 4) is 22.7 Å². The Balaban J connectivity index is 1.48. The normalized spacial score (nSPS) is 11.9. The quantitative estimate of drug-likeness (QED) is 0.115. The molecular formula is C29H28BrClN6O6. The number of benzene rings is 2. The molecule has 1 unspecified atom stereocenters. The van der Waals surface area contributed by atoms with E-state index in [1.807, 2.05) is 42.5 Å². The van der Waals surface area contributed by atoms with Gasteiger partial charge < -0.3 is 23.2 Å². The summed E-state index contributed by atoms with van der Waals surface area (Å²) in [5, 5.41) is 15.1. The molecule has 5 aromatic rings. The second-order valence-corrected chi connectivity index (χ2v) is 10.7. The molecule has 3 heterocycles. The summed E-state index contributed by atoms with van der Waals surface area (Å²) in [6.07, 6.45) is 0.242. The Morgan fingerprint density at radius 2 is 1.93 bits per heavy atom. The number of rotatable bonds is 11. The molecule has 2 aromatic carbocycles. The van der Waals surface area contributed by atoms with Crippen LogP contribution in [0.1, 0.15) is 55.5 Å². The number of carbonyl (C=O) groups is 2. The fourth-order valence-corrected chi connectivity index (χ4v) is 5.49. The fraction of sp³-hybridized carbons (Fsp3) is 0.310. The molecule has 1 N–H and O–H groups in total. The van der Waals surface area contributed by atoms with Crippen molar-refractivity contribution >= 4 is 50.6 Å². The molecule has 0 bridgehead atoms. The van der Waals surface area contributed by atoms with Crippen LogP contribution in [0, 0.1) is 0 Å². The van der Waals surface area contributed by atoms with Gasteiger partial charge in [0.25, 0.3) is 0 Å². The Morgan fingerprint density at radius 3 is 2.65 bits per heavy atom. The number of imidazole rings is 1. The SMILES string of the molecule is CCCCc1nc(Cl)c(C(=O)OC(C)OC(=O)OCC)n1Cc1ccc2oc(-c3ccccc3-c3nnn[nH]3)c(Br)c2c1. The minimum Gasteiger partial charge on any atom is -0.455 e. The lowest BCUT2D eigenvalue weighted by atomic mass is 10.0. The molecule has 1 atom stereocenters. The Morgan fingerprint density at radius 1 is 1.14 bits per heavy atom. The second-order valence-electron chi connectivity index (χ2n) is 9.50. The number of carbonyl (C=O) groups excluding carboxylic acids is 2. The van der Waals surface area contributed by atoms with Gasteiger partial charge >= 0.3 is 12.1 Å².